The molecule has 2 heterocycles. The third kappa shape index (κ3) is 3.71. The van der Waals surface area contributed by atoms with E-state index in [9.17, 15) is 0 Å². The van der Waals surface area contributed by atoms with Gasteiger partial charge in [0, 0.05) is 17.5 Å². The highest BCUT2D eigenvalue weighted by atomic mass is 32.1. The van der Waals surface area contributed by atoms with Crippen molar-refractivity contribution in [3.63, 3.8) is 0 Å². The Kier molecular flexibility index (Phi) is 5.53. The quantitative estimate of drug-likeness (QED) is 0.848. The molecule has 0 saturated carbocycles. The lowest BCUT2D eigenvalue weighted by Gasteiger charge is -2.20. The van der Waals surface area contributed by atoms with Crippen LogP contribution in [0, 0.1) is 6.92 Å². The molecule has 0 aromatic carbocycles. The monoisotopic (exact) mass is 306 g/mol. The van der Waals surface area contributed by atoms with Gasteiger partial charge in [-0.2, -0.15) is 0 Å². The molecule has 0 aliphatic rings. The maximum absolute atomic E-state index is 4.85. The fraction of sp³-hybridized carbons (Fsp3) is 0.625. The first kappa shape index (κ1) is 16.2. The summed E-state index contributed by atoms with van der Waals surface area (Å²) in [5.74, 6) is 0. The van der Waals surface area contributed by atoms with E-state index in [1.54, 1.807) is 11.3 Å². The van der Waals surface area contributed by atoms with Crippen molar-refractivity contribution in [2.45, 2.75) is 66.1 Å². The van der Waals surface area contributed by atoms with Gasteiger partial charge in [-0.3, -0.25) is 0 Å². The second kappa shape index (κ2) is 7.18. The van der Waals surface area contributed by atoms with Crippen molar-refractivity contribution in [1.29, 1.82) is 0 Å². The zero-order valence-electron chi connectivity index (χ0n) is 13.7. The SMILES string of the molecule is CCCn1cncc1C(NC(C)C)c1nc(CC)c(C)s1. The molecule has 0 spiro atoms. The van der Waals surface area contributed by atoms with Crippen LogP contribution in [-0.4, -0.2) is 20.6 Å². The van der Waals surface area contributed by atoms with Crippen molar-refractivity contribution in [2.75, 3.05) is 0 Å². The summed E-state index contributed by atoms with van der Waals surface area (Å²) in [4.78, 5) is 10.5. The second-order valence-corrected chi connectivity index (χ2v) is 6.91. The van der Waals surface area contributed by atoms with Crippen LogP contribution in [0.2, 0.25) is 0 Å². The van der Waals surface area contributed by atoms with E-state index in [4.69, 9.17) is 4.98 Å². The number of imidazole rings is 1. The third-order valence-corrected chi connectivity index (χ3v) is 4.57. The van der Waals surface area contributed by atoms with Gasteiger partial charge < -0.3 is 9.88 Å². The fourth-order valence-corrected chi connectivity index (χ4v) is 3.60. The van der Waals surface area contributed by atoms with Crippen LogP contribution in [0.4, 0.5) is 0 Å². The minimum Gasteiger partial charge on any atom is -0.333 e. The predicted molar refractivity (Wildman–Crippen MR) is 88.9 cm³/mol. The molecule has 2 rings (SSSR count). The van der Waals surface area contributed by atoms with E-state index in [2.05, 4.69) is 49.5 Å². The Balaban J connectivity index is 2.39. The van der Waals surface area contributed by atoms with Crippen molar-refractivity contribution < 1.29 is 0 Å². The van der Waals surface area contributed by atoms with Gasteiger partial charge in [-0.25, -0.2) is 9.97 Å². The molecule has 0 fully saturated rings. The lowest BCUT2D eigenvalue weighted by atomic mass is 10.2. The van der Waals surface area contributed by atoms with Gasteiger partial charge in [0.1, 0.15) is 11.0 Å². The van der Waals surface area contributed by atoms with Crippen LogP contribution in [0.15, 0.2) is 12.5 Å². The van der Waals surface area contributed by atoms with Crippen molar-refractivity contribution in [3.8, 4) is 0 Å². The molecule has 4 nitrogen and oxygen atoms in total. The largest absolute Gasteiger partial charge is 0.333 e. The molecule has 2 aromatic heterocycles. The molecule has 0 amide bonds. The van der Waals surface area contributed by atoms with E-state index in [-0.39, 0.29) is 6.04 Å². The summed E-state index contributed by atoms with van der Waals surface area (Å²) in [6, 6.07) is 0.525. The summed E-state index contributed by atoms with van der Waals surface area (Å²) in [7, 11) is 0. The first-order valence-corrected chi connectivity index (χ1v) is 8.60. The van der Waals surface area contributed by atoms with Gasteiger partial charge in [-0.05, 0) is 33.6 Å². The summed E-state index contributed by atoms with van der Waals surface area (Å²) in [5.41, 5.74) is 2.43. The molecular formula is C16H26N4S. The Morgan fingerprint density at radius 2 is 2.10 bits per heavy atom. The highest BCUT2D eigenvalue weighted by molar-refractivity contribution is 7.11. The number of aryl methyl sites for hydroxylation is 3. The second-order valence-electron chi connectivity index (χ2n) is 5.67. The Morgan fingerprint density at radius 1 is 1.33 bits per heavy atom. The zero-order valence-corrected chi connectivity index (χ0v) is 14.5. The fourth-order valence-electron chi connectivity index (χ4n) is 2.52. The number of nitrogens with one attached hydrogen (secondary N) is 1. The topological polar surface area (TPSA) is 42.7 Å². The molecule has 0 radical (unpaired) electrons. The molecule has 21 heavy (non-hydrogen) atoms. The van der Waals surface area contributed by atoms with E-state index < -0.39 is 0 Å². The van der Waals surface area contributed by atoms with Crippen LogP contribution >= 0.6 is 11.3 Å². The van der Waals surface area contributed by atoms with Crippen LogP contribution < -0.4 is 5.32 Å². The van der Waals surface area contributed by atoms with Crippen molar-refractivity contribution >= 4 is 11.3 Å². The van der Waals surface area contributed by atoms with Crippen molar-refractivity contribution in [1.82, 2.24) is 19.9 Å². The highest BCUT2D eigenvalue weighted by Crippen LogP contribution is 2.29. The average molecular weight is 306 g/mol. The van der Waals surface area contributed by atoms with Crippen molar-refractivity contribution in [2.24, 2.45) is 0 Å². The molecule has 1 N–H and O–H groups in total. The van der Waals surface area contributed by atoms with Crippen LogP contribution in [0.5, 0.6) is 0 Å². The van der Waals surface area contributed by atoms with E-state index in [1.807, 2.05) is 12.5 Å². The highest BCUT2D eigenvalue weighted by Gasteiger charge is 2.23. The molecule has 5 heteroatoms. The van der Waals surface area contributed by atoms with Gasteiger partial charge in [-0.15, -0.1) is 11.3 Å². The zero-order chi connectivity index (χ0) is 15.4. The standard InChI is InChI=1S/C16H26N4S/c1-6-8-20-10-17-9-14(20)15(18-11(3)4)16-19-13(7-2)12(5)21-16/h9-11,15,18H,6-8H2,1-5H3. The van der Waals surface area contributed by atoms with E-state index in [0.717, 1.165) is 24.4 Å². The Hall–Kier alpha value is -1.20. The van der Waals surface area contributed by atoms with Gasteiger partial charge in [-0.1, -0.05) is 13.8 Å². The normalized spacial score (nSPS) is 13.0. The van der Waals surface area contributed by atoms with Gasteiger partial charge in [0.05, 0.1) is 23.9 Å². The molecule has 0 aliphatic heterocycles. The number of thiazole rings is 1. The maximum Gasteiger partial charge on any atom is 0.116 e. The number of hydrogen-bond acceptors (Lipinski definition) is 4. The molecular weight excluding hydrogens is 280 g/mol. The number of nitrogens with zero attached hydrogens (tertiary/aromatic N) is 3. The predicted octanol–water partition coefficient (Wildman–Crippen LogP) is 3.71. The van der Waals surface area contributed by atoms with E-state index >= 15 is 0 Å². The van der Waals surface area contributed by atoms with Crippen LogP contribution in [0.25, 0.3) is 0 Å². The maximum atomic E-state index is 4.85. The van der Waals surface area contributed by atoms with E-state index in [1.165, 1.54) is 16.3 Å². The van der Waals surface area contributed by atoms with Crippen molar-refractivity contribution in [3.05, 3.63) is 33.8 Å². The Bertz CT molecular complexity index is 571. The minimum absolute atomic E-state index is 0.128. The summed E-state index contributed by atoms with van der Waals surface area (Å²) in [6.07, 6.45) is 5.99. The molecule has 0 bridgehead atoms. The number of rotatable bonds is 7. The van der Waals surface area contributed by atoms with Gasteiger partial charge in [0.15, 0.2) is 0 Å². The lowest BCUT2D eigenvalue weighted by molar-refractivity contribution is 0.494. The molecule has 1 unspecified atom stereocenters. The van der Waals surface area contributed by atoms with Crippen LogP contribution in [-0.2, 0) is 13.0 Å². The first-order chi connectivity index (χ1) is 10.1. The van der Waals surface area contributed by atoms with Gasteiger partial charge >= 0.3 is 0 Å². The number of aromatic nitrogens is 3. The molecule has 116 valence electrons. The molecule has 1 atom stereocenters. The van der Waals surface area contributed by atoms with Crippen LogP contribution in [0.3, 0.4) is 0 Å². The summed E-state index contributed by atoms with van der Waals surface area (Å²) < 4.78 is 2.24. The summed E-state index contributed by atoms with van der Waals surface area (Å²) >= 11 is 1.80. The summed E-state index contributed by atoms with van der Waals surface area (Å²) in [6.45, 7) is 11.9. The lowest BCUT2D eigenvalue weighted by Crippen LogP contribution is -2.30. The smallest absolute Gasteiger partial charge is 0.116 e. The number of hydrogen-bond donors (Lipinski definition) is 1. The van der Waals surface area contributed by atoms with Gasteiger partial charge in [0.2, 0.25) is 0 Å². The summed E-state index contributed by atoms with van der Waals surface area (Å²) in [5, 5.41) is 4.80. The Morgan fingerprint density at radius 3 is 2.67 bits per heavy atom. The molecule has 2 aromatic rings. The first-order valence-electron chi connectivity index (χ1n) is 7.79. The molecule has 0 saturated heterocycles. The van der Waals surface area contributed by atoms with E-state index in [0.29, 0.717) is 6.04 Å². The molecule has 0 aliphatic carbocycles. The average Bonchev–Trinajstić information content (AvgIpc) is 3.03. The Labute approximate surface area is 131 Å². The third-order valence-electron chi connectivity index (χ3n) is 3.50. The van der Waals surface area contributed by atoms with Gasteiger partial charge in [0.25, 0.3) is 0 Å². The minimum atomic E-state index is 0.128. The van der Waals surface area contributed by atoms with Crippen LogP contribution in [0.1, 0.15) is 61.4 Å².